The van der Waals surface area contributed by atoms with Crippen LogP contribution < -0.4 is 5.32 Å². The lowest BCUT2D eigenvalue weighted by Gasteiger charge is -2.19. The van der Waals surface area contributed by atoms with Crippen molar-refractivity contribution < 1.29 is 57.1 Å². The molecule has 0 heterocycles. The number of hydrogen-bond acceptors (Lipinski definition) is 3. The molecule has 2 rings (SSSR count). The van der Waals surface area contributed by atoms with E-state index in [0.717, 1.165) is 12.1 Å². The van der Waals surface area contributed by atoms with E-state index in [1.165, 1.54) is 0 Å². The Bertz CT molecular complexity index is 1380. The maximum atomic E-state index is 14.9. The second kappa shape index (κ2) is 12.3. The molecule has 0 spiro atoms. The highest BCUT2D eigenvalue weighted by molar-refractivity contribution is 7.91. The number of benzene rings is 2. The minimum absolute atomic E-state index is 0.0381. The van der Waals surface area contributed by atoms with Crippen molar-refractivity contribution in [3.63, 3.8) is 0 Å². The number of hydrogen-bond donors (Lipinski definition) is 1. The maximum absolute atomic E-state index is 14.9. The first-order chi connectivity index (χ1) is 18.0. The molecule has 2 aromatic rings. The number of allylic oxidation sites excluding steroid dienone is 1. The van der Waals surface area contributed by atoms with E-state index < -0.39 is 96.4 Å². The van der Waals surface area contributed by atoms with Crippen molar-refractivity contribution in [3.8, 4) is 0 Å². The molecule has 1 atom stereocenters. The molecule has 0 radical (unpaired) electrons. The van der Waals surface area contributed by atoms with Crippen LogP contribution in [0.5, 0.6) is 0 Å². The van der Waals surface area contributed by atoms with Crippen LogP contribution >= 0.6 is 34.8 Å². The van der Waals surface area contributed by atoms with Crippen molar-refractivity contribution in [3.05, 3.63) is 73.7 Å². The Kier molecular flexibility index (Phi) is 10.5. The first kappa shape index (κ1) is 34.0. The van der Waals surface area contributed by atoms with Crippen LogP contribution in [0, 0.1) is 0 Å². The largest absolute Gasteiger partial charge is 0.417 e. The molecular formula is C22H14Cl3F10NO3S. The molecule has 0 saturated heterocycles. The van der Waals surface area contributed by atoms with E-state index in [4.69, 9.17) is 34.8 Å². The van der Waals surface area contributed by atoms with Gasteiger partial charge in [0.25, 0.3) is 5.91 Å². The number of rotatable bonds is 8. The molecule has 0 aromatic heterocycles. The van der Waals surface area contributed by atoms with Crippen molar-refractivity contribution in [2.24, 2.45) is 0 Å². The van der Waals surface area contributed by atoms with Gasteiger partial charge in [0.2, 0.25) is 0 Å². The smallest absolute Gasteiger partial charge is 0.351 e. The predicted octanol–water partition coefficient (Wildman–Crippen LogP) is 8.03. The third kappa shape index (κ3) is 9.42. The van der Waals surface area contributed by atoms with Crippen LogP contribution in [0.2, 0.25) is 15.1 Å². The van der Waals surface area contributed by atoms with Gasteiger partial charge in [0.05, 0.1) is 31.9 Å². The van der Waals surface area contributed by atoms with Gasteiger partial charge in [0.1, 0.15) is 17.5 Å². The average Bonchev–Trinajstić information content (AvgIpc) is 2.77. The summed E-state index contributed by atoms with van der Waals surface area (Å²) >= 11 is 17.2. The monoisotopic (exact) mass is 667 g/mol. The van der Waals surface area contributed by atoms with Crippen LogP contribution in [0.1, 0.15) is 33.0 Å². The lowest BCUT2D eigenvalue weighted by Crippen LogP contribution is -2.33. The number of carbonyl (C=O) groups excluding carboxylic acids is 1. The molecule has 0 saturated carbocycles. The number of carbonyl (C=O) groups is 1. The van der Waals surface area contributed by atoms with Crippen molar-refractivity contribution in [2.45, 2.75) is 24.4 Å². The Morgan fingerprint density at radius 1 is 0.925 bits per heavy atom. The molecule has 1 N–H and O–H groups in total. The molecule has 0 aliphatic heterocycles. The molecule has 4 nitrogen and oxygen atoms in total. The Balaban J connectivity index is 2.42. The van der Waals surface area contributed by atoms with Gasteiger partial charge in [-0.05, 0) is 35.9 Å². The molecule has 40 heavy (non-hydrogen) atoms. The van der Waals surface area contributed by atoms with E-state index in [0.29, 0.717) is 12.1 Å². The van der Waals surface area contributed by atoms with Crippen LogP contribution in [0.15, 0.2) is 36.4 Å². The Morgan fingerprint density at radius 2 is 1.48 bits per heavy atom. The number of amides is 1. The molecular weight excluding hydrogens is 655 g/mol. The van der Waals surface area contributed by atoms with Gasteiger partial charge >= 0.3 is 18.5 Å². The van der Waals surface area contributed by atoms with Crippen molar-refractivity contribution in [1.29, 1.82) is 0 Å². The highest BCUT2D eigenvalue weighted by Gasteiger charge is 2.41. The molecule has 2 aromatic carbocycles. The summed E-state index contributed by atoms with van der Waals surface area (Å²) < 4.78 is 157. The van der Waals surface area contributed by atoms with Gasteiger partial charge in [-0.3, -0.25) is 4.79 Å². The summed E-state index contributed by atoms with van der Waals surface area (Å²) in [5.41, 5.74) is -4.71. The van der Waals surface area contributed by atoms with E-state index in [1.54, 1.807) is 5.32 Å². The molecule has 0 aliphatic rings. The van der Waals surface area contributed by atoms with Crippen LogP contribution in [-0.4, -0.2) is 44.7 Å². The van der Waals surface area contributed by atoms with Crippen LogP contribution in [0.4, 0.5) is 43.9 Å². The predicted molar refractivity (Wildman–Crippen MR) is 128 cm³/mol. The second-order valence-corrected chi connectivity index (χ2v) is 11.4. The maximum Gasteiger partial charge on any atom is 0.417 e. The summed E-state index contributed by atoms with van der Waals surface area (Å²) in [6.45, 7) is -0.996. The van der Waals surface area contributed by atoms with Gasteiger partial charge < -0.3 is 5.32 Å². The van der Waals surface area contributed by atoms with E-state index in [2.05, 4.69) is 0 Å². The summed E-state index contributed by atoms with van der Waals surface area (Å²) in [4.78, 5) is 12.2. The minimum atomic E-state index is -5.36. The van der Waals surface area contributed by atoms with Crippen molar-refractivity contribution in [2.75, 3.05) is 18.1 Å². The lowest BCUT2D eigenvalue weighted by atomic mass is 9.95. The normalized spacial score (nSPS) is 14.3. The van der Waals surface area contributed by atoms with Gasteiger partial charge in [-0.2, -0.15) is 39.5 Å². The molecule has 1 unspecified atom stereocenters. The zero-order chi connectivity index (χ0) is 30.8. The van der Waals surface area contributed by atoms with Crippen LogP contribution in [-0.2, 0) is 16.0 Å². The van der Waals surface area contributed by atoms with Gasteiger partial charge in [-0.15, -0.1) is 0 Å². The van der Waals surface area contributed by atoms with Gasteiger partial charge in [0.15, 0.2) is 9.84 Å². The number of sulfone groups is 1. The fourth-order valence-electron chi connectivity index (χ4n) is 3.24. The Labute approximate surface area is 234 Å². The Hall–Kier alpha value is -2.23. The third-order valence-electron chi connectivity index (χ3n) is 4.96. The van der Waals surface area contributed by atoms with E-state index >= 15 is 0 Å². The molecule has 18 heteroatoms. The summed E-state index contributed by atoms with van der Waals surface area (Å²) in [5.74, 6) is -9.58. The average molecular weight is 669 g/mol. The van der Waals surface area contributed by atoms with Crippen molar-refractivity contribution >= 4 is 56.4 Å². The summed E-state index contributed by atoms with van der Waals surface area (Å²) in [7, 11) is -4.76. The van der Waals surface area contributed by atoms with E-state index in [1.807, 2.05) is 0 Å². The van der Waals surface area contributed by atoms with Gasteiger partial charge in [0, 0.05) is 12.1 Å². The zero-order valence-corrected chi connectivity index (χ0v) is 22.3. The van der Waals surface area contributed by atoms with Crippen LogP contribution in [0.25, 0.3) is 5.83 Å². The Morgan fingerprint density at radius 3 is 1.95 bits per heavy atom. The molecule has 0 aliphatic carbocycles. The zero-order valence-electron chi connectivity index (χ0n) is 19.2. The fraction of sp³-hybridized carbons (Fsp3) is 0.318. The molecule has 0 fully saturated rings. The fourth-order valence-corrected chi connectivity index (χ4v) is 4.91. The van der Waals surface area contributed by atoms with Crippen molar-refractivity contribution in [1.82, 2.24) is 5.32 Å². The quantitative estimate of drug-likeness (QED) is 0.229. The molecule has 0 bridgehead atoms. The van der Waals surface area contributed by atoms with Gasteiger partial charge in [-0.1, -0.05) is 40.9 Å². The number of halogens is 13. The number of nitrogens with one attached hydrogen (secondary N) is 1. The molecule has 222 valence electrons. The summed E-state index contributed by atoms with van der Waals surface area (Å²) in [6.07, 6.45) is -15.7. The first-order valence-electron chi connectivity index (χ1n) is 10.4. The minimum Gasteiger partial charge on any atom is -0.351 e. The third-order valence-corrected chi connectivity index (χ3v) is 7.75. The summed E-state index contributed by atoms with van der Waals surface area (Å²) in [5, 5.41) is 0.602. The highest BCUT2D eigenvalue weighted by atomic mass is 35.5. The van der Waals surface area contributed by atoms with E-state index in [9.17, 15) is 57.1 Å². The SMILES string of the molecule is O=C(NCCS(=O)(=O)CC(F)(F)F)c1ccc(C(F)=CC(c2cc(Cl)c(Cl)c(Cl)c2)C(F)(F)F)cc1C(F)(F)F. The lowest BCUT2D eigenvalue weighted by molar-refractivity contribution is -0.140. The second-order valence-electron chi connectivity index (χ2n) is 8.05. The molecule has 1 amide bonds. The van der Waals surface area contributed by atoms with E-state index in [-0.39, 0.29) is 17.2 Å². The van der Waals surface area contributed by atoms with Gasteiger partial charge in [-0.25, -0.2) is 12.8 Å². The topological polar surface area (TPSA) is 63.2 Å². The highest BCUT2D eigenvalue weighted by Crippen LogP contribution is 2.42. The first-order valence-corrected chi connectivity index (χ1v) is 13.3. The standard InChI is InChI=1S/C22H14Cl3F10NO3S/c23-15-6-11(7-16(24)18(15)25)13(21(30,31)32)8-17(26)10-1-2-12(14(5-10)22(33,34)35)19(37)36-3-4-40(38,39)9-20(27,28)29/h1-2,5-8,13H,3-4,9H2,(H,36,37). The number of alkyl halides is 9. The van der Waals surface area contributed by atoms with Crippen LogP contribution in [0.3, 0.4) is 0 Å². The summed E-state index contributed by atoms with van der Waals surface area (Å²) in [6, 6.07) is 2.47.